The third-order valence-corrected chi connectivity index (χ3v) is 7.70. The number of hydrogen-bond donors (Lipinski definition) is 1. The summed E-state index contributed by atoms with van der Waals surface area (Å²) in [6.07, 6.45) is 12.6. The third-order valence-electron chi connectivity index (χ3n) is 7.70. The van der Waals surface area contributed by atoms with Gasteiger partial charge in [0.05, 0.1) is 17.8 Å². The van der Waals surface area contributed by atoms with Crippen LogP contribution in [-0.4, -0.2) is 35.0 Å². The summed E-state index contributed by atoms with van der Waals surface area (Å²) < 4.78 is 6.23. The molecule has 5 nitrogen and oxygen atoms in total. The maximum absolute atomic E-state index is 12.8. The van der Waals surface area contributed by atoms with Gasteiger partial charge in [0.25, 0.3) is 0 Å². The normalized spacial score (nSPS) is 23.1. The quantitative estimate of drug-likeness (QED) is 0.599. The van der Waals surface area contributed by atoms with Gasteiger partial charge < -0.3 is 10.1 Å². The molecule has 3 aliphatic rings. The molecule has 1 aromatic carbocycles. The molecule has 1 aromatic heterocycles. The Kier molecular flexibility index (Phi) is 7.25. The molecule has 0 spiro atoms. The van der Waals surface area contributed by atoms with Crippen molar-refractivity contribution in [2.45, 2.75) is 76.5 Å². The summed E-state index contributed by atoms with van der Waals surface area (Å²) in [5.74, 6) is 1.78. The van der Waals surface area contributed by atoms with Gasteiger partial charge in [-0.15, -0.1) is 0 Å². The number of carbonyl (C=O) groups is 1. The number of hydrogen-bond acceptors (Lipinski definition) is 4. The van der Waals surface area contributed by atoms with Crippen molar-refractivity contribution in [3.05, 3.63) is 59.9 Å². The Morgan fingerprint density at radius 2 is 1.91 bits per heavy atom. The summed E-state index contributed by atoms with van der Waals surface area (Å²) in [4.78, 5) is 20.0. The van der Waals surface area contributed by atoms with Gasteiger partial charge in [0.1, 0.15) is 5.75 Å². The molecule has 33 heavy (non-hydrogen) atoms. The predicted molar refractivity (Wildman–Crippen MR) is 130 cm³/mol. The van der Waals surface area contributed by atoms with Crippen LogP contribution < -0.4 is 10.1 Å². The van der Waals surface area contributed by atoms with Crippen molar-refractivity contribution in [1.82, 2.24) is 15.2 Å². The lowest BCUT2D eigenvalue weighted by atomic mass is 9.83. The second-order valence-electron chi connectivity index (χ2n) is 10.2. The van der Waals surface area contributed by atoms with Crippen LogP contribution in [0.5, 0.6) is 5.75 Å². The van der Waals surface area contributed by atoms with Gasteiger partial charge in [-0.3, -0.25) is 14.7 Å². The maximum Gasteiger partial charge on any atom is 0.223 e. The van der Waals surface area contributed by atoms with Gasteiger partial charge in [-0.1, -0.05) is 24.6 Å². The lowest BCUT2D eigenvalue weighted by Gasteiger charge is -2.38. The molecule has 3 fully saturated rings. The highest BCUT2D eigenvalue weighted by atomic mass is 16.5. The Hall–Kier alpha value is -2.40. The number of amides is 1. The predicted octanol–water partition coefficient (Wildman–Crippen LogP) is 5.27. The Morgan fingerprint density at radius 1 is 1.03 bits per heavy atom. The number of rotatable bonds is 8. The van der Waals surface area contributed by atoms with Crippen molar-refractivity contribution in [1.29, 1.82) is 0 Å². The van der Waals surface area contributed by atoms with E-state index >= 15 is 0 Å². The van der Waals surface area contributed by atoms with E-state index in [2.05, 4.69) is 45.5 Å². The minimum atomic E-state index is -0.0147. The molecule has 2 aliphatic carbocycles. The van der Waals surface area contributed by atoms with Crippen LogP contribution >= 0.6 is 0 Å². The molecular formula is C28H37N3O2. The van der Waals surface area contributed by atoms with Crippen molar-refractivity contribution >= 4 is 5.91 Å². The Morgan fingerprint density at radius 3 is 2.67 bits per heavy atom. The molecule has 176 valence electrons. The number of aromatic nitrogens is 1. The molecule has 0 radical (unpaired) electrons. The number of nitrogens with one attached hydrogen (secondary N) is 1. The summed E-state index contributed by atoms with van der Waals surface area (Å²) in [5.41, 5.74) is 2.29. The van der Waals surface area contributed by atoms with Crippen LogP contribution in [0.25, 0.3) is 0 Å². The van der Waals surface area contributed by atoms with Gasteiger partial charge in [-0.05, 0) is 93.7 Å². The van der Waals surface area contributed by atoms with Gasteiger partial charge in [0.15, 0.2) is 0 Å². The van der Waals surface area contributed by atoms with Crippen LogP contribution in [0.2, 0.25) is 0 Å². The van der Waals surface area contributed by atoms with Crippen molar-refractivity contribution in [2.24, 2.45) is 11.8 Å². The number of piperidine rings is 1. The monoisotopic (exact) mass is 447 g/mol. The number of carbonyl (C=O) groups excluding carboxylic acids is 1. The van der Waals surface area contributed by atoms with E-state index in [0.29, 0.717) is 12.0 Å². The third kappa shape index (κ3) is 5.75. The average molecular weight is 448 g/mol. The maximum atomic E-state index is 12.8. The van der Waals surface area contributed by atoms with E-state index in [1.54, 1.807) is 0 Å². The lowest BCUT2D eigenvalue weighted by molar-refractivity contribution is -0.128. The van der Waals surface area contributed by atoms with E-state index in [-0.39, 0.29) is 17.9 Å². The molecule has 2 heterocycles. The van der Waals surface area contributed by atoms with Crippen LogP contribution in [-0.2, 0) is 11.3 Å². The van der Waals surface area contributed by atoms with Crippen LogP contribution in [0.4, 0.5) is 0 Å². The first kappa shape index (κ1) is 22.4. The van der Waals surface area contributed by atoms with E-state index in [1.807, 2.05) is 18.3 Å². The summed E-state index contributed by atoms with van der Waals surface area (Å²) in [6, 6.07) is 14.7. The van der Waals surface area contributed by atoms with Crippen molar-refractivity contribution in [3.8, 4) is 5.75 Å². The molecule has 0 unspecified atom stereocenters. The smallest absolute Gasteiger partial charge is 0.223 e. The molecular weight excluding hydrogens is 410 g/mol. The van der Waals surface area contributed by atoms with Gasteiger partial charge >= 0.3 is 0 Å². The van der Waals surface area contributed by atoms with Crippen LogP contribution in [0, 0.1) is 11.8 Å². The number of pyridine rings is 1. The van der Waals surface area contributed by atoms with E-state index in [1.165, 1.54) is 37.7 Å². The second kappa shape index (κ2) is 10.7. The van der Waals surface area contributed by atoms with Crippen LogP contribution in [0.15, 0.2) is 48.7 Å². The van der Waals surface area contributed by atoms with E-state index in [4.69, 9.17) is 4.74 Å². The van der Waals surface area contributed by atoms with Gasteiger partial charge in [-0.25, -0.2) is 0 Å². The molecule has 1 saturated heterocycles. The molecule has 2 aromatic rings. The van der Waals surface area contributed by atoms with Crippen molar-refractivity contribution < 1.29 is 9.53 Å². The zero-order valence-corrected chi connectivity index (χ0v) is 19.6. The van der Waals surface area contributed by atoms with E-state index in [0.717, 1.165) is 56.8 Å². The van der Waals surface area contributed by atoms with Gasteiger partial charge in [-0.2, -0.15) is 0 Å². The molecule has 5 heteroatoms. The highest BCUT2D eigenvalue weighted by Crippen LogP contribution is 2.33. The lowest BCUT2D eigenvalue weighted by Crippen LogP contribution is -2.45. The van der Waals surface area contributed by atoms with Gasteiger partial charge in [0, 0.05) is 25.2 Å². The zero-order valence-electron chi connectivity index (χ0n) is 19.6. The second-order valence-corrected chi connectivity index (χ2v) is 10.2. The van der Waals surface area contributed by atoms with E-state index in [9.17, 15) is 4.79 Å². The number of benzene rings is 1. The minimum Gasteiger partial charge on any atom is -0.490 e. The minimum absolute atomic E-state index is 0.0147. The zero-order chi connectivity index (χ0) is 22.5. The molecule has 2 saturated carbocycles. The Balaban J connectivity index is 1.25. The highest BCUT2D eigenvalue weighted by molar-refractivity contribution is 5.79. The van der Waals surface area contributed by atoms with Crippen LogP contribution in [0.1, 0.15) is 75.1 Å². The fraction of sp³-hybridized carbons (Fsp3) is 0.571. The SMILES string of the molecule is O=C(N[C@@H](c1ccccn1)[C@@H]1CCCN(Cc2cccc(OC3CCCC3)c2)C1)C1CCC1. The molecule has 1 aliphatic heterocycles. The molecule has 2 atom stereocenters. The fourth-order valence-corrected chi connectivity index (χ4v) is 5.62. The molecule has 1 N–H and O–H groups in total. The first-order valence-electron chi connectivity index (χ1n) is 12.9. The standard InChI is InChI=1S/C28H37N3O2/c32-28(22-9-6-10-22)30-27(26-15-3-4-16-29-26)23-11-7-17-31(20-23)19-21-8-5-14-25(18-21)33-24-12-1-2-13-24/h3-5,8,14-16,18,22-24,27H,1-2,6-7,9-13,17,19-20H2,(H,30,32)/t23-,27-/m1/s1. The average Bonchev–Trinajstić information content (AvgIpc) is 3.30. The summed E-state index contributed by atoms with van der Waals surface area (Å²) >= 11 is 0. The molecule has 5 rings (SSSR count). The number of ether oxygens (including phenoxy) is 1. The summed E-state index contributed by atoms with van der Waals surface area (Å²) in [6.45, 7) is 2.99. The summed E-state index contributed by atoms with van der Waals surface area (Å²) in [7, 11) is 0. The highest BCUT2D eigenvalue weighted by Gasteiger charge is 2.33. The molecule has 1 amide bonds. The largest absolute Gasteiger partial charge is 0.490 e. The van der Waals surface area contributed by atoms with Crippen LogP contribution in [0.3, 0.4) is 0 Å². The first-order valence-corrected chi connectivity index (χ1v) is 12.9. The topological polar surface area (TPSA) is 54.5 Å². The molecule has 0 bridgehead atoms. The number of nitrogens with zero attached hydrogens (tertiary/aromatic N) is 2. The first-order chi connectivity index (χ1) is 16.2. The Bertz CT molecular complexity index is 908. The van der Waals surface area contributed by atoms with Crippen molar-refractivity contribution in [2.75, 3.05) is 13.1 Å². The van der Waals surface area contributed by atoms with Gasteiger partial charge in [0.2, 0.25) is 5.91 Å². The number of likely N-dealkylation sites (tertiary alicyclic amines) is 1. The van der Waals surface area contributed by atoms with Crippen molar-refractivity contribution in [3.63, 3.8) is 0 Å². The van der Waals surface area contributed by atoms with E-state index < -0.39 is 0 Å². The fourth-order valence-electron chi connectivity index (χ4n) is 5.62. The Labute approximate surface area is 197 Å². The summed E-state index contributed by atoms with van der Waals surface area (Å²) in [5, 5.41) is 3.39.